The van der Waals surface area contributed by atoms with Gasteiger partial charge in [0.1, 0.15) is 11.3 Å². The molecule has 0 aliphatic carbocycles. The average Bonchev–Trinajstić information content (AvgIpc) is 3.31. The Morgan fingerprint density at radius 1 is 1.23 bits per heavy atom. The number of nitrogens with two attached hydrogens (primary N) is 1. The number of rotatable bonds is 6. The molecule has 0 aliphatic heterocycles. The number of nitrogens with zero attached hydrogens (tertiary/aromatic N) is 5. The number of thioether (sulfide) groups is 1. The first-order valence-electron chi connectivity index (χ1n) is 8.68. The van der Waals surface area contributed by atoms with Crippen LogP contribution in [0.4, 0.5) is 26.0 Å². The molecule has 30 heavy (non-hydrogen) atoms. The molecule has 0 spiro atoms. The van der Waals surface area contributed by atoms with Crippen LogP contribution in [0.25, 0.3) is 22.4 Å². The highest BCUT2D eigenvalue weighted by Crippen LogP contribution is 2.39. The van der Waals surface area contributed by atoms with E-state index in [0.717, 1.165) is 21.8 Å². The minimum atomic E-state index is -2.70. The van der Waals surface area contributed by atoms with Crippen LogP contribution in [0.1, 0.15) is 12.2 Å². The van der Waals surface area contributed by atoms with Gasteiger partial charge in [-0.3, -0.25) is 4.34 Å². The maximum atomic E-state index is 13.5. The molecule has 0 fully saturated rings. The third-order valence-electron chi connectivity index (χ3n) is 4.52. The molecule has 4 rings (SSSR count). The van der Waals surface area contributed by atoms with Crippen LogP contribution in [0, 0.1) is 0 Å². The molecule has 0 radical (unpaired) electrons. The van der Waals surface area contributed by atoms with Crippen molar-refractivity contribution in [3.8, 4) is 11.3 Å². The van der Waals surface area contributed by atoms with E-state index in [2.05, 4.69) is 26.3 Å². The smallest absolute Gasteiger partial charge is 0.295 e. The fourth-order valence-electron chi connectivity index (χ4n) is 3.14. The van der Waals surface area contributed by atoms with Crippen LogP contribution in [-0.2, 0) is 7.05 Å². The number of alkyl halides is 2. The van der Waals surface area contributed by atoms with Crippen LogP contribution in [0.2, 0.25) is 0 Å². The molecule has 0 amide bonds. The van der Waals surface area contributed by atoms with Gasteiger partial charge in [-0.05, 0) is 40.4 Å². The van der Waals surface area contributed by atoms with Crippen molar-refractivity contribution < 1.29 is 8.78 Å². The van der Waals surface area contributed by atoms with Crippen molar-refractivity contribution in [1.82, 2.24) is 23.9 Å². The highest BCUT2D eigenvalue weighted by atomic mass is 127. The summed E-state index contributed by atoms with van der Waals surface area (Å²) in [6.07, 6.45) is 2.87. The monoisotopic (exact) mass is 559 g/mol. The van der Waals surface area contributed by atoms with Crippen molar-refractivity contribution in [2.45, 2.75) is 11.3 Å². The van der Waals surface area contributed by atoms with Crippen LogP contribution < -0.4 is 11.1 Å². The Labute approximate surface area is 190 Å². The zero-order valence-electron chi connectivity index (χ0n) is 15.9. The summed E-state index contributed by atoms with van der Waals surface area (Å²) in [5.41, 5.74) is 10.1. The first kappa shape index (κ1) is 21.3. The van der Waals surface area contributed by atoms with Gasteiger partial charge in [0.05, 0.1) is 36.0 Å². The number of aryl methyl sites for hydroxylation is 1. The number of hydrogen-bond acceptors (Lipinski definition) is 6. The van der Waals surface area contributed by atoms with Gasteiger partial charge in [-0.15, -0.1) is 11.8 Å². The molecule has 7 nitrogen and oxygen atoms in total. The largest absolute Gasteiger partial charge is 0.384 e. The van der Waals surface area contributed by atoms with E-state index in [9.17, 15) is 8.78 Å². The molecule has 156 valence electrons. The minimum absolute atomic E-state index is 0.0283. The molecule has 3 N–H and O–H groups in total. The number of nitrogen functional groups attached to an aromatic ring is 1. The first-order chi connectivity index (χ1) is 14.4. The summed E-state index contributed by atoms with van der Waals surface area (Å²) in [6.45, 7) is 0. The highest BCUT2D eigenvalue weighted by molar-refractivity contribution is 14.2. The lowest BCUT2D eigenvalue weighted by Crippen LogP contribution is -1.99. The van der Waals surface area contributed by atoms with Crippen molar-refractivity contribution in [2.75, 3.05) is 17.3 Å². The Bertz CT molecular complexity index is 1230. The molecule has 4 aromatic rings. The molecule has 0 saturated carbocycles. The van der Waals surface area contributed by atoms with Gasteiger partial charge in [-0.25, -0.2) is 23.7 Å². The van der Waals surface area contributed by atoms with Crippen molar-refractivity contribution in [2.24, 2.45) is 7.05 Å². The third-order valence-corrected chi connectivity index (χ3v) is 7.36. The number of pyridine rings is 1. The van der Waals surface area contributed by atoms with E-state index in [4.69, 9.17) is 5.73 Å². The fraction of sp³-hybridized carbons (Fsp3) is 0.167. The van der Waals surface area contributed by atoms with Crippen LogP contribution in [-0.4, -0.2) is 30.1 Å². The van der Waals surface area contributed by atoms with E-state index in [1.165, 1.54) is 4.34 Å². The van der Waals surface area contributed by atoms with Crippen molar-refractivity contribution in [3.05, 3.63) is 42.6 Å². The number of benzene rings is 1. The number of halogens is 3. The zero-order valence-corrected chi connectivity index (χ0v) is 19.9. The van der Waals surface area contributed by atoms with E-state index in [-0.39, 0.29) is 18.0 Å². The lowest BCUT2D eigenvalue weighted by Gasteiger charge is -2.13. The summed E-state index contributed by atoms with van der Waals surface area (Å²) in [5, 5.41) is 3.31. The molecule has 1 aromatic carbocycles. The quantitative estimate of drug-likeness (QED) is 0.182. The zero-order chi connectivity index (χ0) is 21.4. The lowest BCUT2D eigenvalue weighted by molar-refractivity contribution is 0.140. The summed E-state index contributed by atoms with van der Waals surface area (Å²) in [5.74, 6) is -0.0747. The van der Waals surface area contributed by atoms with Gasteiger partial charge in [-0.2, -0.15) is 0 Å². The Morgan fingerprint density at radius 2 is 2.03 bits per heavy atom. The molecule has 0 aliphatic rings. The lowest BCUT2D eigenvalue weighted by atomic mass is 10.1. The van der Waals surface area contributed by atoms with E-state index >= 15 is 0 Å². The predicted molar refractivity (Wildman–Crippen MR) is 128 cm³/mol. The molecule has 1 atom stereocenters. The Hall–Kier alpha value is -1.98. The summed E-state index contributed by atoms with van der Waals surface area (Å²) in [7, 11) is 1.94. The maximum Gasteiger partial charge on any atom is 0.295 e. The van der Waals surface area contributed by atoms with Crippen LogP contribution in [0.5, 0.6) is 0 Å². The molecule has 3 aromatic heterocycles. The third kappa shape index (κ3) is 3.85. The highest BCUT2D eigenvalue weighted by Gasteiger charge is 2.22. The molecule has 0 bridgehead atoms. The second-order valence-corrected chi connectivity index (χ2v) is 9.30. The summed E-state index contributed by atoms with van der Waals surface area (Å²) >= 11 is 3.61. The normalized spacial score (nSPS) is 11.9. The Morgan fingerprint density at radius 3 is 2.67 bits per heavy atom. The van der Waals surface area contributed by atoms with Gasteiger partial charge in [0.2, 0.25) is 0 Å². The standard InChI is InChI=1S/C18H17F2IN7PS/c1-27-8-23-7-12(27)9-3-4-10(13(5-9)30-2)24-11-6-14(22)25-17-15(11)26-18(16(19)20)28(17)29-21/h3-8,16,29H,1-2H3,(H3,22,24,25). The topological polar surface area (TPSA) is 86.6 Å². The number of anilines is 3. The number of nitrogens with one attached hydrogen (secondary N) is 1. The molecule has 1 unspecified atom stereocenters. The van der Waals surface area contributed by atoms with E-state index < -0.39 is 6.43 Å². The van der Waals surface area contributed by atoms with Crippen LogP contribution in [0.3, 0.4) is 0 Å². The number of imidazole rings is 2. The van der Waals surface area contributed by atoms with Crippen molar-refractivity contribution in [1.29, 1.82) is 0 Å². The van der Waals surface area contributed by atoms with Crippen molar-refractivity contribution >= 4 is 68.5 Å². The number of aromatic nitrogens is 5. The predicted octanol–water partition coefficient (Wildman–Crippen LogP) is 5.61. The maximum absolute atomic E-state index is 13.5. The summed E-state index contributed by atoms with van der Waals surface area (Å²) in [4.78, 5) is 13.6. The first-order valence-corrected chi connectivity index (χ1v) is 14.0. The fourth-order valence-corrected chi connectivity index (χ4v) is 5.62. The van der Waals surface area contributed by atoms with Crippen molar-refractivity contribution in [3.63, 3.8) is 0 Å². The number of hydrogen-bond donors (Lipinski definition) is 2. The molecule has 0 saturated heterocycles. The molecule has 3 heterocycles. The van der Waals surface area contributed by atoms with E-state index in [1.807, 2.05) is 58.2 Å². The van der Waals surface area contributed by atoms with Crippen LogP contribution in [0.15, 0.2) is 41.7 Å². The number of fused-ring (bicyclic) bond motifs is 1. The van der Waals surface area contributed by atoms with Gasteiger partial charge in [0.15, 0.2) is 11.5 Å². The molecule has 12 heteroatoms. The molecular weight excluding hydrogens is 542 g/mol. The summed E-state index contributed by atoms with van der Waals surface area (Å²) in [6, 6.07) is 7.60. The SMILES string of the molecule is CSc1cc(-c2cncn2C)ccc1Nc1cc(N)nc2c1nc(C(F)F)n2PI. The van der Waals surface area contributed by atoms with Gasteiger partial charge >= 0.3 is 0 Å². The summed E-state index contributed by atoms with van der Waals surface area (Å²) < 4.78 is 30.3. The Balaban J connectivity index is 1.80. The van der Waals surface area contributed by atoms with E-state index in [0.29, 0.717) is 16.9 Å². The second kappa shape index (κ2) is 8.64. The van der Waals surface area contributed by atoms with Gasteiger partial charge in [-0.1, -0.05) is 6.07 Å². The van der Waals surface area contributed by atoms with E-state index in [1.54, 1.807) is 24.2 Å². The van der Waals surface area contributed by atoms with Crippen LogP contribution >= 0.6 is 40.2 Å². The van der Waals surface area contributed by atoms with Gasteiger partial charge in [0.25, 0.3) is 6.43 Å². The average molecular weight is 559 g/mol. The molecular formula is C18H17F2IN7PS. The Kier molecular flexibility index (Phi) is 6.12. The van der Waals surface area contributed by atoms with Gasteiger partial charge in [0, 0.05) is 23.6 Å². The van der Waals surface area contributed by atoms with Gasteiger partial charge < -0.3 is 15.6 Å². The second-order valence-electron chi connectivity index (χ2n) is 6.39. The minimum Gasteiger partial charge on any atom is -0.384 e.